The van der Waals surface area contributed by atoms with Gasteiger partial charge in [-0.1, -0.05) is 30.3 Å². The fraction of sp³-hybridized carbons (Fsp3) is 0.333. The summed E-state index contributed by atoms with van der Waals surface area (Å²) in [4.78, 5) is 29.5. The van der Waals surface area contributed by atoms with E-state index >= 15 is 0 Å². The highest BCUT2D eigenvalue weighted by Gasteiger charge is 2.29. The van der Waals surface area contributed by atoms with Crippen LogP contribution in [0.15, 0.2) is 59.5 Å². The van der Waals surface area contributed by atoms with Crippen LogP contribution < -0.4 is 10.6 Å². The fourth-order valence-electron chi connectivity index (χ4n) is 4.92. The molecule has 2 aromatic carbocycles. The summed E-state index contributed by atoms with van der Waals surface area (Å²) in [5.74, 6) is -0.605. The highest BCUT2D eigenvalue weighted by molar-refractivity contribution is 7.89. The highest BCUT2D eigenvalue weighted by Crippen LogP contribution is 2.38. The highest BCUT2D eigenvalue weighted by atomic mass is 32.2. The van der Waals surface area contributed by atoms with E-state index in [2.05, 4.69) is 27.7 Å². The van der Waals surface area contributed by atoms with Crippen molar-refractivity contribution in [3.8, 4) is 0 Å². The number of anilines is 1. The summed E-state index contributed by atoms with van der Waals surface area (Å²) in [5, 5.41) is 6.14. The topological polar surface area (TPSA) is 98.8 Å². The standard InChI is InChI=1S/C27H30N4O4S2/c1-28-26(33)24-22-13-16-30(17-19-7-3-2-4-8-19)18-23(22)36-27(24)29-25(32)20-9-11-21(12-10-20)37(34,35)31-14-5-6-15-31/h2-4,7-12H,5-6,13-18H2,1H3,(H,28,33)(H,29,32). The Kier molecular flexibility index (Phi) is 7.43. The lowest BCUT2D eigenvalue weighted by Crippen LogP contribution is -2.30. The van der Waals surface area contributed by atoms with Gasteiger partial charge in [-0.05, 0) is 54.7 Å². The molecule has 0 spiro atoms. The molecule has 2 aliphatic heterocycles. The summed E-state index contributed by atoms with van der Waals surface area (Å²) in [6, 6.07) is 16.3. The summed E-state index contributed by atoms with van der Waals surface area (Å²) in [7, 11) is -1.96. The van der Waals surface area contributed by atoms with Crippen LogP contribution in [0.1, 0.15) is 49.6 Å². The number of hydrogen-bond acceptors (Lipinski definition) is 6. The summed E-state index contributed by atoms with van der Waals surface area (Å²) in [5.41, 5.74) is 3.07. The summed E-state index contributed by atoms with van der Waals surface area (Å²) in [6.07, 6.45) is 2.45. The van der Waals surface area contributed by atoms with Gasteiger partial charge in [-0.3, -0.25) is 14.5 Å². The lowest BCUT2D eigenvalue weighted by atomic mass is 10.0. The van der Waals surface area contributed by atoms with Crippen molar-refractivity contribution in [2.24, 2.45) is 0 Å². The fourth-order valence-corrected chi connectivity index (χ4v) is 7.72. The van der Waals surface area contributed by atoms with E-state index in [0.717, 1.165) is 42.8 Å². The molecule has 194 valence electrons. The number of benzene rings is 2. The molecule has 0 bridgehead atoms. The van der Waals surface area contributed by atoms with Gasteiger partial charge in [-0.15, -0.1) is 11.3 Å². The van der Waals surface area contributed by atoms with Crippen molar-refractivity contribution in [3.63, 3.8) is 0 Å². The lowest BCUT2D eigenvalue weighted by molar-refractivity contribution is 0.0962. The van der Waals surface area contributed by atoms with E-state index in [1.54, 1.807) is 7.05 Å². The third-order valence-electron chi connectivity index (χ3n) is 6.89. The molecule has 5 rings (SSSR count). The van der Waals surface area contributed by atoms with Crippen LogP contribution in [0.2, 0.25) is 0 Å². The van der Waals surface area contributed by atoms with Crippen molar-refractivity contribution in [3.05, 3.63) is 81.7 Å². The second-order valence-corrected chi connectivity index (χ2v) is 12.4. The zero-order chi connectivity index (χ0) is 26.0. The van der Waals surface area contributed by atoms with Crippen molar-refractivity contribution in [2.45, 2.75) is 37.2 Å². The Labute approximate surface area is 221 Å². The second kappa shape index (κ2) is 10.7. The van der Waals surface area contributed by atoms with Gasteiger partial charge in [0.25, 0.3) is 11.8 Å². The third-order valence-corrected chi connectivity index (χ3v) is 9.93. The number of thiophene rings is 1. The molecule has 2 aliphatic rings. The van der Waals surface area contributed by atoms with Crippen LogP contribution in [0, 0.1) is 0 Å². The molecule has 1 fully saturated rings. The van der Waals surface area contributed by atoms with Gasteiger partial charge in [0.2, 0.25) is 10.0 Å². The van der Waals surface area contributed by atoms with Crippen LogP contribution in [0.3, 0.4) is 0 Å². The molecule has 3 heterocycles. The van der Waals surface area contributed by atoms with Crippen LogP contribution in [-0.4, -0.2) is 56.1 Å². The van der Waals surface area contributed by atoms with Crippen LogP contribution in [-0.2, 0) is 29.5 Å². The SMILES string of the molecule is CNC(=O)c1c(NC(=O)c2ccc(S(=O)(=O)N3CCCC3)cc2)sc2c1CCN(Cc1ccccc1)C2. The Morgan fingerprint density at radius 2 is 1.65 bits per heavy atom. The van der Waals surface area contributed by atoms with E-state index in [9.17, 15) is 18.0 Å². The predicted octanol–water partition coefficient (Wildman–Crippen LogP) is 3.70. The molecule has 0 saturated carbocycles. The maximum atomic E-state index is 13.1. The molecule has 1 aromatic heterocycles. The average molecular weight is 539 g/mol. The van der Waals surface area contributed by atoms with Gasteiger partial charge >= 0.3 is 0 Å². The first-order valence-corrected chi connectivity index (χ1v) is 14.7. The van der Waals surface area contributed by atoms with Gasteiger partial charge in [0, 0.05) is 50.2 Å². The van der Waals surface area contributed by atoms with Gasteiger partial charge in [-0.2, -0.15) is 4.31 Å². The summed E-state index contributed by atoms with van der Waals surface area (Å²) >= 11 is 1.43. The molecule has 2 amide bonds. The van der Waals surface area contributed by atoms with Crippen molar-refractivity contribution in [2.75, 3.05) is 32.0 Å². The number of amides is 2. The normalized spacial score (nSPS) is 16.4. The van der Waals surface area contributed by atoms with E-state index < -0.39 is 10.0 Å². The number of fused-ring (bicyclic) bond motifs is 1. The first-order valence-electron chi connectivity index (χ1n) is 12.4. The van der Waals surface area contributed by atoms with Crippen molar-refractivity contribution >= 4 is 38.2 Å². The minimum atomic E-state index is -3.55. The van der Waals surface area contributed by atoms with Crippen LogP contribution in [0.25, 0.3) is 0 Å². The molecule has 8 nitrogen and oxygen atoms in total. The number of nitrogens with zero attached hydrogens (tertiary/aromatic N) is 2. The molecule has 0 radical (unpaired) electrons. The Hall–Kier alpha value is -3.05. The molecule has 0 unspecified atom stereocenters. The summed E-state index contributed by atoms with van der Waals surface area (Å²) < 4.78 is 27.1. The molecule has 2 N–H and O–H groups in total. The quantitative estimate of drug-likeness (QED) is 0.478. The molecular formula is C27H30N4O4S2. The van der Waals surface area contributed by atoms with Gasteiger partial charge < -0.3 is 10.6 Å². The van der Waals surface area contributed by atoms with E-state index in [1.807, 2.05) is 18.2 Å². The number of carbonyl (C=O) groups excluding carboxylic acids is 2. The molecule has 1 saturated heterocycles. The molecule has 37 heavy (non-hydrogen) atoms. The van der Waals surface area contributed by atoms with Gasteiger partial charge in [0.1, 0.15) is 5.00 Å². The van der Waals surface area contributed by atoms with E-state index in [1.165, 1.54) is 45.5 Å². The molecule has 0 aliphatic carbocycles. The second-order valence-electron chi connectivity index (χ2n) is 9.32. The smallest absolute Gasteiger partial charge is 0.256 e. The Morgan fingerprint density at radius 3 is 2.32 bits per heavy atom. The number of carbonyl (C=O) groups is 2. The molecule has 0 atom stereocenters. The van der Waals surface area contributed by atoms with Gasteiger partial charge in [0.15, 0.2) is 0 Å². The van der Waals surface area contributed by atoms with Crippen molar-refractivity contribution in [1.82, 2.24) is 14.5 Å². The predicted molar refractivity (Wildman–Crippen MR) is 144 cm³/mol. The molecular weight excluding hydrogens is 508 g/mol. The average Bonchev–Trinajstić information content (AvgIpc) is 3.57. The van der Waals surface area contributed by atoms with Crippen molar-refractivity contribution < 1.29 is 18.0 Å². The van der Waals surface area contributed by atoms with E-state index in [-0.39, 0.29) is 16.7 Å². The minimum Gasteiger partial charge on any atom is -0.355 e. The zero-order valence-corrected chi connectivity index (χ0v) is 22.3. The maximum Gasteiger partial charge on any atom is 0.256 e. The van der Waals surface area contributed by atoms with Crippen molar-refractivity contribution in [1.29, 1.82) is 0 Å². The van der Waals surface area contributed by atoms with Gasteiger partial charge in [-0.25, -0.2) is 8.42 Å². The Balaban J connectivity index is 1.34. The molecule has 10 heteroatoms. The molecule has 3 aromatic rings. The van der Waals surface area contributed by atoms with Crippen LogP contribution >= 0.6 is 11.3 Å². The number of nitrogens with one attached hydrogen (secondary N) is 2. The lowest BCUT2D eigenvalue weighted by Gasteiger charge is -2.27. The first-order chi connectivity index (χ1) is 17.9. The minimum absolute atomic E-state index is 0.182. The number of rotatable bonds is 7. The monoisotopic (exact) mass is 538 g/mol. The maximum absolute atomic E-state index is 13.1. The van der Waals surface area contributed by atoms with Crippen LogP contribution in [0.4, 0.5) is 5.00 Å². The van der Waals surface area contributed by atoms with Gasteiger partial charge in [0.05, 0.1) is 10.5 Å². The largest absolute Gasteiger partial charge is 0.355 e. The third kappa shape index (κ3) is 5.33. The number of hydrogen-bond donors (Lipinski definition) is 2. The Bertz CT molecular complexity index is 1400. The number of sulfonamides is 1. The Morgan fingerprint density at radius 1 is 0.946 bits per heavy atom. The first kappa shape index (κ1) is 25.6. The van der Waals surface area contributed by atoms with E-state index in [0.29, 0.717) is 35.8 Å². The van der Waals surface area contributed by atoms with Crippen LogP contribution in [0.5, 0.6) is 0 Å². The van der Waals surface area contributed by atoms with E-state index in [4.69, 9.17) is 0 Å². The summed E-state index contributed by atoms with van der Waals surface area (Å²) in [6.45, 7) is 3.40. The zero-order valence-electron chi connectivity index (χ0n) is 20.7.